The number of thiol groups is 2. The maximum Gasteiger partial charge on any atom is 0.305 e. The molecule has 0 aliphatic carbocycles. The Morgan fingerprint density at radius 3 is 1.67 bits per heavy atom. The van der Waals surface area contributed by atoms with Gasteiger partial charge in [0.25, 0.3) is 0 Å². The number of carboxylic acids is 1. The van der Waals surface area contributed by atoms with E-state index in [-0.39, 0.29) is 49.2 Å². The Hall–Kier alpha value is -4.92. The highest BCUT2D eigenvalue weighted by molar-refractivity contribution is 7.80. The summed E-state index contributed by atoms with van der Waals surface area (Å²) in [6, 6.07) is -10.6. The normalized spacial score (nSPS) is 15.1. The SMILES string of the molecule is CC(C)C[C@H](NC(=O)[C@@H](NC(=O)[C@H](CC(=O)O)NC(=O)[C@H](CO)NC(=O)[C@H](CCCN=C(N)N)NC(=O)[C@@H](N)CS)[C@@H](C)O)C(=O)N[C@@H](CS)C(=O)NCC(N)=O. The molecular weight excluding hydrogens is 797 g/mol. The van der Waals surface area contributed by atoms with Crippen molar-refractivity contribution < 1.29 is 58.5 Å². The number of rotatable bonds is 27. The molecule has 0 fully saturated rings. The highest BCUT2D eigenvalue weighted by Crippen LogP contribution is 2.08. The van der Waals surface area contributed by atoms with Crippen LogP contribution in [0.2, 0.25) is 0 Å². The second-order valence-corrected chi connectivity index (χ2v) is 13.8. The Morgan fingerprint density at radius 2 is 1.18 bits per heavy atom. The van der Waals surface area contributed by atoms with Crippen molar-refractivity contribution in [1.82, 2.24) is 37.2 Å². The van der Waals surface area contributed by atoms with Crippen molar-refractivity contribution >= 4 is 84.4 Å². The average molecular weight is 853 g/mol. The first-order chi connectivity index (χ1) is 26.6. The van der Waals surface area contributed by atoms with Crippen molar-refractivity contribution in [2.24, 2.45) is 33.8 Å². The van der Waals surface area contributed by atoms with Gasteiger partial charge in [-0.05, 0) is 32.1 Å². The Bertz CT molecular complexity index is 1450. The smallest absolute Gasteiger partial charge is 0.305 e. The summed E-state index contributed by atoms with van der Waals surface area (Å²) in [5.74, 6) is -10.3. The first kappa shape index (κ1) is 52.1. The number of hydrogen-bond donors (Lipinski definition) is 16. The molecule has 0 unspecified atom stereocenters. The quantitative estimate of drug-likeness (QED) is 0.0158. The summed E-state index contributed by atoms with van der Waals surface area (Å²) >= 11 is 7.98. The third-order valence-corrected chi connectivity index (χ3v) is 8.35. The summed E-state index contributed by atoms with van der Waals surface area (Å²) < 4.78 is 0. The lowest BCUT2D eigenvalue weighted by Crippen LogP contribution is -2.62. The highest BCUT2D eigenvalue weighted by atomic mass is 32.1. The van der Waals surface area contributed by atoms with Crippen molar-refractivity contribution in [2.45, 2.75) is 94.9 Å². The fourth-order valence-corrected chi connectivity index (χ4v) is 5.07. The zero-order valence-corrected chi connectivity index (χ0v) is 33.5. The van der Waals surface area contributed by atoms with E-state index < -0.39 is 121 Å². The molecule has 57 heavy (non-hydrogen) atoms. The predicted octanol–water partition coefficient (Wildman–Crippen LogP) is -7.37. The molecule has 0 aromatic heterocycles. The van der Waals surface area contributed by atoms with Gasteiger partial charge in [-0.2, -0.15) is 25.3 Å². The van der Waals surface area contributed by atoms with Gasteiger partial charge in [-0.1, -0.05) is 13.8 Å². The molecule has 324 valence electrons. The van der Waals surface area contributed by atoms with Crippen molar-refractivity contribution in [2.75, 3.05) is 31.2 Å². The number of aliphatic hydroxyl groups is 2. The third-order valence-electron chi connectivity index (χ3n) is 7.59. The van der Waals surface area contributed by atoms with E-state index >= 15 is 0 Å². The van der Waals surface area contributed by atoms with Gasteiger partial charge in [-0.3, -0.25) is 48.1 Å². The van der Waals surface area contributed by atoms with Gasteiger partial charge in [-0.15, -0.1) is 0 Å². The molecule has 8 amide bonds. The Balaban J connectivity index is 6.10. The van der Waals surface area contributed by atoms with E-state index in [4.69, 9.17) is 22.9 Å². The summed E-state index contributed by atoms with van der Waals surface area (Å²) in [5.41, 5.74) is 21.3. The molecule has 0 heterocycles. The zero-order valence-electron chi connectivity index (χ0n) is 31.7. The molecule has 0 radical (unpaired) electrons. The summed E-state index contributed by atoms with van der Waals surface area (Å²) in [6.45, 7) is 2.99. The molecule has 0 bridgehead atoms. The summed E-state index contributed by atoms with van der Waals surface area (Å²) in [4.78, 5) is 118. The van der Waals surface area contributed by atoms with Gasteiger partial charge in [0, 0.05) is 18.1 Å². The molecular formula is C31H56N12O12S2. The molecule has 0 rings (SSSR count). The minimum absolute atomic E-state index is 0.00495. The van der Waals surface area contributed by atoms with E-state index in [9.17, 15) is 58.5 Å². The number of nitrogens with one attached hydrogen (secondary N) is 7. The number of nitrogens with zero attached hydrogens (tertiary/aromatic N) is 1. The van der Waals surface area contributed by atoms with Crippen LogP contribution in [-0.4, -0.2) is 154 Å². The molecule has 0 saturated heterocycles. The second kappa shape index (κ2) is 26.8. The van der Waals surface area contributed by atoms with Gasteiger partial charge in [0.15, 0.2) is 5.96 Å². The van der Waals surface area contributed by atoms with Gasteiger partial charge < -0.3 is 75.5 Å². The first-order valence-electron chi connectivity index (χ1n) is 17.5. The monoisotopic (exact) mass is 852 g/mol. The van der Waals surface area contributed by atoms with Crippen LogP contribution in [0.4, 0.5) is 0 Å². The van der Waals surface area contributed by atoms with Crippen LogP contribution in [0.15, 0.2) is 4.99 Å². The molecule has 0 aromatic carbocycles. The van der Waals surface area contributed by atoms with Crippen LogP contribution in [0.5, 0.6) is 0 Å². The molecule has 26 heteroatoms. The number of amides is 8. The second-order valence-electron chi connectivity index (χ2n) is 13.0. The van der Waals surface area contributed by atoms with Gasteiger partial charge in [0.2, 0.25) is 47.3 Å². The van der Waals surface area contributed by atoms with Crippen LogP contribution >= 0.6 is 25.3 Å². The van der Waals surface area contributed by atoms with Crippen LogP contribution < -0.4 is 60.2 Å². The lowest BCUT2D eigenvalue weighted by atomic mass is 10.0. The molecule has 0 aromatic rings. The average Bonchev–Trinajstić information content (AvgIpc) is 3.12. The number of hydrogen-bond acceptors (Lipinski definition) is 15. The summed E-state index contributed by atoms with van der Waals surface area (Å²) in [6.07, 6.45) is -2.65. The molecule has 18 N–H and O–H groups in total. The number of aliphatic imine (C=N–C) groups is 1. The molecule has 0 aliphatic heterocycles. The predicted molar refractivity (Wildman–Crippen MR) is 210 cm³/mol. The highest BCUT2D eigenvalue weighted by Gasteiger charge is 2.36. The van der Waals surface area contributed by atoms with Gasteiger partial charge >= 0.3 is 5.97 Å². The standard InChI is InChI=1S/C31H56N12O12S2/c1-13(2)7-17(27(52)42-20(12-57)25(50)37-9-21(33)46)40-30(55)23(14(3)45)43-28(53)18(8-22(47)48)39-29(54)19(10-44)41-26(51)16(5-4-6-36-31(34)35)38-24(49)15(32)11-56/h13-20,23,44-45,56-57H,4-12,32H2,1-3H3,(H2,33,46)(H,37,50)(H,38,49)(H,39,54)(H,40,55)(H,41,51)(H,42,52)(H,43,53)(H,47,48)(H4,34,35,36)/t14-,15+,16+,17+,18+,19+,20+,23+/m1/s1. The minimum atomic E-state index is -1.96. The van der Waals surface area contributed by atoms with Gasteiger partial charge in [0.05, 0.1) is 31.7 Å². The first-order valence-corrected chi connectivity index (χ1v) is 18.8. The van der Waals surface area contributed by atoms with Crippen LogP contribution in [0.25, 0.3) is 0 Å². The maximum absolute atomic E-state index is 13.4. The van der Waals surface area contributed by atoms with Gasteiger partial charge in [0.1, 0.15) is 36.3 Å². The van der Waals surface area contributed by atoms with Crippen molar-refractivity contribution in [3.63, 3.8) is 0 Å². The number of carbonyl (C=O) groups excluding carboxylic acids is 8. The van der Waals surface area contributed by atoms with Crippen molar-refractivity contribution in [3.8, 4) is 0 Å². The number of nitrogens with two attached hydrogens (primary N) is 4. The van der Waals surface area contributed by atoms with E-state index in [2.05, 4.69) is 67.5 Å². The molecule has 8 atom stereocenters. The van der Waals surface area contributed by atoms with Crippen molar-refractivity contribution in [3.05, 3.63) is 0 Å². The lowest BCUT2D eigenvalue weighted by Gasteiger charge is -2.28. The Kier molecular flexibility index (Phi) is 24.5. The van der Waals surface area contributed by atoms with E-state index in [1.165, 1.54) is 0 Å². The largest absolute Gasteiger partial charge is 0.481 e. The van der Waals surface area contributed by atoms with Crippen LogP contribution in [0.3, 0.4) is 0 Å². The Morgan fingerprint density at radius 1 is 0.667 bits per heavy atom. The molecule has 0 saturated carbocycles. The molecule has 24 nitrogen and oxygen atoms in total. The van der Waals surface area contributed by atoms with Crippen LogP contribution in [0, 0.1) is 5.92 Å². The van der Waals surface area contributed by atoms with Crippen LogP contribution in [0.1, 0.15) is 46.5 Å². The van der Waals surface area contributed by atoms with E-state index in [1.54, 1.807) is 13.8 Å². The number of aliphatic hydroxyl groups excluding tert-OH is 2. The van der Waals surface area contributed by atoms with E-state index in [0.29, 0.717) is 0 Å². The number of primary amides is 1. The number of guanidine groups is 1. The van der Waals surface area contributed by atoms with Crippen LogP contribution in [-0.2, 0) is 43.2 Å². The fraction of sp³-hybridized carbons (Fsp3) is 0.677. The minimum Gasteiger partial charge on any atom is -0.481 e. The summed E-state index contributed by atoms with van der Waals surface area (Å²) in [5, 5.41) is 45.7. The maximum atomic E-state index is 13.4. The number of aliphatic carboxylic acids is 1. The fourth-order valence-electron chi connectivity index (χ4n) is 4.64. The van der Waals surface area contributed by atoms with E-state index in [1.807, 2.05) is 0 Å². The summed E-state index contributed by atoms with van der Waals surface area (Å²) in [7, 11) is 0. The molecule has 0 aliphatic rings. The lowest BCUT2D eigenvalue weighted by molar-refractivity contribution is -0.142. The zero-order chi connectivity index (χ0) is 44.0. The third kappa shape index (κ3) is 20.7. The topological polar surface area (TPSA) is 415 Å². The van der Waals surface area contributed by atoms with E-state index in [0.717, 1.165) is 6.92 Å². The number of carboxylic acid groups (broad SMARTS) is 1. The van der Waals surface area contributed by atoms with Crippen molar-refractivity contribution in [1.29, 1.82) is 0 Å². The number of carbonyl (C=O) groups is 9. The van der Waals surface area contributed by atoms with Gasteiger partial charge in [-0.25, -0.2) is 0 Å². The Labute approximate surface area is 339 Å². The molecule has 0 spiro atoms.